The Labute approximate surface area is 162 Å². The summed E-state index contributed by atoms with van der Waals surface area (Å²) >= 11 is 0. The quantitative estimate of drug-likeness (QED) is 0.304. The summed E-state index contributed by atoms with van der Waals surface area (Å²) in [6.45, 7) is 0.986. The normalized spacial score (nSPS) is 28.2. The fourth-order valence-electron chi connectivity index (χ4n) is 4.54. The lowest BCUT2D eigenvalue weighted by Gasteiger charge is -2.18. The number of phenolic OH excluding ortho intramolecular Hbond substituents is 1. The van der Waals surface area contributed by atoms with Crippen LogP contribution in [0, 0.1) is 29.5 Å². The van der Waals surface area contributed by atoms with Gasteiger partial charge in [0.05, 0.1) is 11.8 Å². The first-order chi connectivity index (χ1) is 13.5. The molecule has 3 aliphatic rings. The van der Waals surface area contributed by atoms with E-state index >= 15 is 0 Å². The number of halogens is 1. The van der Waals surface area contributed by atoms with Gasteiger partial charge in [-0.25, -0.2) is 4.39 Å². The van der Waals surface area contributed by atoms with Gasteiger partial charge in [-0.3, -0.25) is 19.5 Å². The molecule has 0 radical (unpaired) electrons. The number of carbonyl (C=O) groups is 2. The van der Waals surface area contributed by atoms with E-state index in [0.29, 0.717) is 31.2 Å². The number of rotatable bonds is 5. The Morgan fingerprint density at radius 2 is 1.89 bits per heavy atom. The van der Waals surface area contributed by atoms with Crippen LogP contribution in [0.4, 0.5) is 4.39 Å². The van der Waals surface area contributed by atoms with Crippen LogP contribution in [0.2, 0.25) is 0 Å². The van der Waals surface area contributed by atoms with Crippen molar-refractivity contribution in [2.75, 3.05) is 20.1 Å². The summed E-state index contributed by atoms with van der Waals surface area (Å²) in [6.07, 6.45) is 5.08. The molecule has 1 aromatic carbocycles. The summed E-state index contributed by atoms with van der Waals surface area (Å²) in [4.78, 5) is 30.8. The van der Waals surface area contributed by atoms with Crippen molar-refractivity contribution in [2.24, 2.45) is 28.7 Å². The molecule has 1 aliphatic heterocycles. The van der Waals surface area contributed by atoms with Crippen LogP contribution in [-0.2, 0) is 16.1 Å². The highest BCUT2D eigenvalue weighted by atomic mass is 19.1. The SMILES string of the molecule is CN=C(NCCN1C(=O)C2C3C=CC(C3)C2C1=O)NCc1ccc(O)c(F)c1. The molecule has 2 amide bonds. The van der Waals surface area contributed by atoms with Crippen LogP contribution in [0.5, 0.6) is 5.75 Å². The van der Waals surface area contributed by atoms with Gasteiger partial charge in [-0.1, -0.05) is 18.2 Å². The van der Waals surface area contributed by atoms with Crippen molar-refractivity contribution < 1.29 is 19.1 Å². The largest absolute Gasteiger partial charge is 0.505 e. The number of carbonyl (C=O) groups excluding carboxylic acids is 2. The van der Waals surface area contributed by atoms with Crippen molar-refractivity contribution in [3.63, 3.8) is 0 Å². The highest BCUT2D eigenvalue weighted by Gasteiger charge is 2.58. The van der Waals surface area contributed by atoms with Crippen molar-refractivity contribution in [2.45, 2.75) is 13.0 Å². The van der Waals surface area contributed by atoms with Crippen molar-refractivity contribution in [3.8, 4) is 5.75 Å². The minimum absolute atomic E-state index is 0.0591. The average Bonchev–Trinajstić information content (AvgIpc) is 3.36. The third kappa shape index (κ3) is 3.12. The summed E-state index contributed by atoms with van der Waals surface area (Å²) < 4.78 is 13.4. The Balaban J connectivity index is 1.28. The van der Waals surface area contributed by atoms with Crippen molar-refractivity contribution >= 4 is 17.8 Å². The van der Waals surface area contributed by atoms with E-state index in [1.165, 1.54) is 17.0 Å². The number of phenols is 1. The number of imide groups is 1. The number of allylic oxidation sites excluding steroid dienone is 2. The van der Waals surface area contributed by atoms with E-state index in [2.05, 4.69) is 27.8 Å². The van der Waals surface area contributed by atoms with E-state index in [9.17, 15) is 19.1 Å². The summed E-state index contributed by atoms with van der Waals surface area (Å²) in [5.41, 5.74) is 0.652. The molecule has 1 saturated heterocycles. The third-order valence-corrected chi connectivity index (χ3v) is 5.89. The lowest BCUT2D eigenvalue weighted by atomic mass is 9.85. The van der Waals surface area contributed by atoms with Gasteiger partial charge in [0.2, 0.25) is 11.8 Å². The lowest BCUT2D eigenvalue weighted by molar-refractivity contribution is -0.140. The van der Waals surface area contributed by atoms with Crippen LogP contribution < -0.4 is 10.6 Å². The molecule has 2 aliphatic carbocycles. The maximum atomic E-state index is 13.4. The van der Waals surface area contributed by atoms with E-state index in [-0.39, 0.29) is 41.2 Å². The molecule has 0 spiro atoms. The van der Waals surface area contributed by atoms with Gasteiger partial charge in [-0.2, -0.15) is 0 Å². The minimum atomic E-state index is -0.678. The van der Waals surface area contributed by atoms with E-state index < -0.39 is 5.82 Å². The number of guanidine groups is 1. The maximum absolute atomic E-state index is 13.4. The summed E-state index contributed by atoms with van der Waals surface area (Å²) in [5, 5.41) is 15.3. The third-order valence-electron chi connectivity index (χ3n) is 5.89. The Kier molecular flexibility index (Phi) is 4.78. The van der Waals surface area contributed by atoms with Gasteiger partial charge in [-0.15, -0.1) is 0 Å². The number of benzene rings is 1. The average molecular weight is 386 g/mol. The zero-order chi connectivity index (χ0) is 19.8. The maximum Gasteiger partial charge on any atom is 0.233 e. The molecule has 8 heteroatoms. The molecule has 1 aromatic rings. The number of hydrogen-bond donors (Lipinski definition) is 3. The van der Waals surface area contributed by atoms with E-state index in [1.54, 1.807) is 13.1 Å². The minimum Gasteiger partial charge on any atom is -0.505 e. The predicted molar refractivity (Wildman–Crippen MR) is 101 cm³/mol. The highest BCUT2D eigenvalue weighted by Crippen LogP contribution is 2.52. The van der Waals surface area contributed by atoms with Crippen LogP contribution in [0.1, 0.15) is 12.0 Å². The number of aromatic hydroxyl groups is 1. The van der Waals surface area contributed by atoms with E-state index in [0.717, 1.165) is 6.42 Å². The Morgan fingerprint density at radius 1 is 1.21 bits per heavy atom. The molecule has 4 unspecified atom stereocenters. The van der Waals surface area contributed by atoms with Gasteiger partial charge < -0.3 is 15.7 Å². The molecular formula is C20H23FN4O3. The fourth-order valence-corrected chi connectivity index (χ4v) is 4.54. The molecule has 3 N–H and O–H groups in total. The lowest BCUT2D eigenvalue weighted by Crippen LogP contribution is -2.43. The van der Waals surface area contributed by atoms with E-state index in [1.807, 2.05) is 0 Å². The van der Waals surface area contributed by atoms with Gasteiger partial charge in [0, 0.05) is 26.7 Å². The number of likely N-dealkylation sites (tertiary alicyclic amines) is 1. The number of amides is 2. The van der Waals surface area contributed by atoms with Crippen LogP contribution in [0.25, 0.3) is 0 Å². The second-order valence-electron chi connectivity index (χ2n) is 7.47. The molecular weight excluding hydrogens is 363 g/mol. The molecule has 28 heavy (non-hydrogen) atoms. The molecule has 7 nitrogen and oxygen atoms in total. The standard InChI is InChI=1S/C20H23FN4O3/c1-22-20(24-10-11-2-5-15(26)14(21)8-11)23-6-7-25-18(27)16-12-3-4-13(9-12)17(16)19(25)28/h2-5,8,12-13,16-17,26H,6-7,9-10H2,1H3,(H2,22,23,24). The first-order valence-corrected chi connectivity index (χ1v) is 9.45. The smallest absolute Gasteiger partial charge is 0.233 e. The number of hydrogen-bond acceptors (Lipinski definition) is 4. The predicted octanol–water partition coefficient (Wildman–Crippen LogP) is 1.00. The second-order valence-corrected chi connectivity index (χ2v) is 7.47. The summed E-state index contributed by atoms with van der Waals surface area (Å²) in [7, 11) is 1.60. The van der Waals surface area contributed by atoms with Crippen LogP contribution in [0.3, 0.4) is 0 Å². The van der Waals surface area contributed by atoms with Crippen LogP contribution in [0.15, 0.2) is 35.3 Å². The molecule has 1 saturated carbocycles. The summed E-state index contributed by atoms with van der Waals surface area (Å²) in [5.74, 6) is -0.633. The zero-order valence-electron chi connectivity index (χ0n) is 15.6. The van der Waals surface area contributed by atoms with Crippen molar-refractivity contribution in [3.05, 3.63) is 41.7 Å². The molecule has 2 bridgehead atoms. The van der Waals surface area contributed by atoms with Crippen molar-refractivity contribution in [1.82, 2.24) is 15.5 Å². The topological polar surface area (TPSA) is 94.0 Å². The Morgan fingerprint density at radius 3 is 2.50 bits per heavy atom. The first-order valence-electron chi connectivity index (χ1n) is 9.45. The monoisotopic (exact) mass is 386 g/mol. The first kappa shape index (κ1) is 18.5. The highest BCUT2D eigenvalue weighted by molar-refractivity contribution is 6.06. The van der Waals surface area contributed by atoms with Crippen molar-refractivity contribution in [1.29, 1.82) is 0 Å². The number of nitrogens with zero attached hydrogens (tertiary/aromatic N) is 2. The summed E-state index contributed by atoms with van der Waals surface area (Å²) in [6, 6.07) is 4.16. The van der Waals surface area contributed by atoms with Gasteiger partial charge >= 0.3 is 0 Å². The molecule has 1 heterocycles. The molecule has 0 aromatic heterocycles. The zero-order valence-corrected chi connectivity index (χ0v) is 15.6. The van der Waals surface area contributed by atoms with Crippen LogP contribution >= 0.6 is 0 Å². The number of fused-ring (bicyclic) bond motifs is 5. The Bertz CT molecular complexity index is 839. The molecule has 148 valence electrons. The van der Waals surface area contributed by atoms with Gasteiger partial charge in [0.15, 0.2) is 17.5 Å². The van der Waals surface area contributed by atoms with Gasteiger partial charge in [-0.05, 0) is 36.0 Å². The number of aliphatic imine (C=N–C) groups is 1. The molecule has 4 atom stereocenters. The second kappa shape index (κ2) is 7.26. The number of nitrogens with one attached hydrogen (secondary N) is 2. The van der Waals surface area contributed by atoms with Gasteiger partial charge in [0.1, 0.15) is 0 Å². The van der Waals surface area contributed by atoms with Crippen LogP contribution in [-0.4, -0.2) is 47.9 Å². The Hall–Kier alpha value is -2.90. The van der Waals surface area contributed by atoms with Gasteiger partial charge in [0.25, 0.3) is 0 Å². The molecule has 4 rings (SSSR count). The fraction of sp³-hybridized carbons (Fsp3) is 0.450. The van der Waals surface area contributed by atoms with E-state index in [4.69, 9.17) is 0 Å². The molecule has 2 fully saturated rings.